The molecule has 3 rings (SSSR count). The Balaban J connectivity index is 1.58. The number of carbonyl (C=O) groups excluding carboxylic acids is 1. The lowest BCUT2D eigenvalue weighted by atomic mass is 10.1. The highest BCUT2D eigenvalue weighted by molar-refractivity contribution is 7.92. The minimum atomic E-state index is -3.73. The summed E-state index contributed by atoms with van der Waals surface area (Å²) in [4.78, 5) is 12.5. The highest BCUT2D eigenvalue weighted by Gasteiger charge is 2.15. The number of anilines is 2. The monoisotopic (exact) mass is 482 g/mol. The molecule has 0 spiro atoms. The molecule has 34 heavy (non-hydrogen) atoms. The molecular weight excluding hydrogens is 452 g/mol. The maximum atomic E-state index is 12.7. The third kappa shape index (κ3) is 6.74. The van der Waals surface area contributed by atoms with E-state index in [0.29, 0.717) is 42.5 Å². The zero-order chi connectivity index (χ0) is 24.6. The smallest absolute Gasteiger partial charge is 0.261 e. The quantitative estimate of drug-likeness (QED) is 0.394. The van der Waals surface area contributed by atoms with E-state index in [9.17, 15) is 13.2 Å². The number of amides is 1. The van der Waals surface area contributed by atoms with Gasteiger partial charge in [0.25, 0.3) is 10.0 Å². The van der Waals surface area contributed by atoms with Crippen molar-refractivity contribution in [2.45, 2.75) is 38.5 Å². The van der Waals surface area contributed by atoms with Crippen molar-refractivity contribution in [3.8, 4) is 11.5 Å². The molecule has 0 radical (unpaired) electrons. The van der Waals surface area contributed by atoms with Crippen molar-refractivity contribution in [3.05, 3.63) is 77.9 Å². The van der Waals surface area contributed by atoms with Gasteiger partial charge in [-0.1, -0.05) is 24.3 Å². The summed E-state index contributed by atoms with van der Waals surface area (Å²) in [6, 6.07) is 18.9. The van der Waals surface area contributed by atoms with Crippen molar-refractivity contribution >= 4 is 27.3 Å². The molecule has 3 aromatic rings. The molecule has 0 aromatic heterocycles. The molecule has 1 amide bonds. The van der Waals surface area contributed by atoms with Crippen LogP contribution in [0.3, 0.4) is 0 Å². The summed E-state index contributed by atoms with van der Waals surface area (Å²) in [5.74, 6) is 1.18. The number of para-hydroxylation sites is 1. The minimum Gasteiger partial charge on any atom is -0.490 e. The van der Waals surface area contributed by atoms with E-state index in [1.165, 1.54) is 12.1 Å². The first-order valence-electron chi connectivity index (χ1n) is 11.2. The summed E-state index contributed by atoms with van der Waals surface area (Å²) in [6.07, 6.45) is 0.805. The molecule has 0 aliphatic heterocycles. The van der Waals surface area contributed by atoms with Crippen molar-refractivity contribution in [2.75, 3.05) is 23.3 Å². The highest BCUT2D eigenvalue weighted by atomic mass is 32.2. The van der Waals surface area contributed by atoms with Crippen molar-refractivity contribution in [3.63, 3.8) is 0 Å². The van der Waals surface area contributed by atoms with Crippen LogP contribution >= 0.6 is 0 Å². The van der Waals surface area contributed by atoms with Gasteiger partial charge in [0, 0.05) is 12.1 Å². The molecule has 0 bridgehead atoms. The van der Waals surface area contributed by atoms with Crippen LogP contribution in [0.4, 0.5) is 11.4 Å². The first-order chi connectivity index (χ1) is 16.3. The van der Waals surface area contributed by atoms with Crippen LogP contribution in [0.5, 0.6) is 11.5 Å². The van der Waals surface area contributed by atoms with Crippen LogP contribution in [0.2, 0.25) is 0 Å². The predicted molar refractivity (Wildman–Crippen MR) is 134 cm³/mol. The molecule has 8 heteroatoms. The SMILES string of the molecule is CCOc1ccc(CCC(=O)Nc2ccc(S(=O)(=O)Nc3ccccc3C)cc2)cc1OCC. The average Bonchev–Trinajstić information content (AvgIpc) is 2.81. The van der Waals surface area contributed by atoms with Crippen LogP contribution < -0.4 is 19.5 Å². The van der Waals surface area contributed by atoms with Gasteiger partial charge in [-0.2, -0.15) is 0 Å². The molecule has 0 unspecified atom stereocenters. The molecule has 0 atom stereocenters. The Morgan fingerprint density at radius 1 is 0.882 bits per heavy atom. The third-order valence-corrected chi connectivity index (χ3v) is 6.47. The second kappa shape index (κ2) is 11.6. The van der Waals surface area contributed by atoms with Gasteiger partial charge in [0.2, 0.25) is 5.91 Å². The number of hydrogen-bond donors (Lipinski definition) is 2. The Labute approximate surface area is 201 Å². The number of nitrogens with one attached hydrogen (secondary N) is 2. The molecule has 3 aromatic carbocycles. The third-order valence-electron chi connectivity index (χ3n) is 5.09. The molecule has 0 heterocycles. The number of ether oxygens (including phenoxy) is 2. The van der Waals surface area contributed by atoms with Gasteiger partial charge in [-0.3, -0.25) is 9.52 Å². The van der Waals surface area contributed by atoms with Gasteiger partial charge in [0.15, 0.2) is 11.5 Å². The van der Waals surface area contributed by atoms with Crippen LogP contribution in [0.1, 0.15) is 31.4 Å². The standard InChI is InChI=1S/C26H30N2O5S/c1-4-32-24-16-10-20(18-25(24)33-5-2)11-17-26(29)27-21-12-14-22(15-13-21)34(30,31)28-23-9-7-6-8-19(23)3/h6-10,12-16,18,28H,4-5,11,17H2,1-3H3,(H,27,29). The van der Waals surface area contributed by atoms with Gasteiger partial charge in [0.05, 0.1) is 23.8 Å². The van der Waals surface area contributed by atoms with Crippen LogP contribution in [-0.4, -0.2) is 27.5 Å². The fourth-order valence-electron chi connectivity index (χ4n) is 3.34. The summed E-state index contributed by atoms with van der Waals surface area (Å²) in [7, 11) is -3.73. The van der Waals surface area contributed by atoms with E-state index in [1.807, 2.05) is 51.1 Å². The number of rotatable bonds is 11. The zero-order valence-electron chi connectivity index (χ0n) is 19.6. The van der Waals surface area contributed by atoms with E-state index >= 15 is 0 Å². The first-order valence-corrected chi connectivity index (χ1v) is 12.7. The Kier molecular flexibility index (Phi) is 8.54. The largest absolute Gasteiger partial charge is 0.490 e. The second-order valence-corrected chi connectivity index (χ2v) is 9.32. The summed E-state index contributed by atoms with van der Waals surface area (Å²) in [6.45, 7) is 6.73. The molecule has 0 saturated heterocycles. The number of aryl methyl sites for hydroxylation is 2. The molecule has 0 fully saturated rings. The minimum absolute atomic E-state index is 0.117. The van der Waals surface area contributed by atoms with Crippen molar-refractivity contribution in [2.24, 2.45) is 0 Å². The van der Waals surface area contributed by atoms with E-state index in [2.05, 4.69) is 10.0 Å². The van der Waals surface area contributed by atoms with E-state index < -0.39 is 10.0 Å². The average molecular weight is 483 g/mol. The van der Waals surface area contributed by atoms with Crippen LogP contribution in [0, 0.1) is 6.92 Å². The van der Waals surface area contributed by atoms with Crippen molar-refractivity contribution < 1.29 is 22.7 Å². The summed E-state index contributed by atoms with van der Waals surface area (Å²) >= 11 is 0. The Morgan fingerprint density at radius 3 is 2.24 bits per heavy atom. The maximum absolute atomic E-state index is 12.7. The second-order valence-electron chi connectivity index (χ2n) is 7.64. The molecule has 180 valence electrons. The Hall–Kier alpha value is -3.52. The fraction of sp³-hybridized carbons (Fsp3) is 0.269. The van der Waals surface area contributed by atoms with E-state index in [4.69, 9.17) is 9.47 Å². The Morgan fingerprint density at radius 2 is 1.56 bits per heavy atom. The normalized spacial score (nSPS) is 11.0. The molecule has 2 N–H and O–H groups in total. The number of sulfonamides is 1. The molecule has 7 nitrogen and oxygen atoms in total. The predicted octanol–water partition coefficient (Wildman–Crippen LogP) is 5.16. The van der Waals surface area contributed by atoms with Gasteiger partial charge < -0.3 is 14.8 Å². The molecule has 0 aliphatic carbocycles. The van der Waals surface area contributed by atoms with Crippen LogP contribution in [0.15, 0.2) is 71.6 Å². The molecule has 0 aliphatic rings. The summed E-state index contributed by atoms with van der Waals surface area (Å²) < 4.78 is 39.1. The lowest BCUT2D eigenvalue weighted by Crippen LogP contribution is -2.15. The maximum Gasteiger partial charge on any atom is 0.261 e. The van der Waals surface area contributed by atoms with E-state index in [0.717, 1.165) is 11.1 Å². The summed E-state index contributed by atoms with van der Waals surface area (Å²) in [5, 5.41) is 2.81. The van der Waals surface area contributed by atoms with Gasteiger partial charge in [-0.25, -0.2) is 8.42 Å². The van der Waals surface area contributed by atoms with Crippen molar-refractivity contribution in [1.29, 1.82) is 0 Å². The highest BCUT2D eigenvalue weighted by Crippen LogP contribution is 2.29. The zero-order valence-corrected chi connectivity index (χ0v) is 20.4. The van der Waals surface area contributed by atoms with Crippen LogP contribution in [-0.2, 0) is 21.2 Å². The van der Waals surface area contributed by atoms with E-state index in [-0.39, 0.29) is 17.2 Å². The van der Waals surface area contributed by atoms with Crippen molar-refractivity contribution in [1.82, 2.24) is 0 Å². The van der Waals surface area contributed by atoms with Gasteiger partial charge >= 0.3 is 0 Å². The lowest BCUT2D eigenvalue weighted by Gasteiger charge is -2.13. The number of benzene rings is 3. The molecular formula is C26H30N2O5S. The van der Waals surface area contributed by atoms with Crippen LogP contribution in [0.25, 0.3) is 0 Å². The molecule has 0 saturated carbocycles. The lowest BCUT2D eigenvalue weighted by molar-refractivity contribution is -0.116. The van der Waals surface area contributed by atoms with Gasteiger partial charge in [-0.15, -0.1) is 0 Å². The van der Waals surface area contributed by atoms with E-state index in [1.54, 1.807) is 24.3 Å². The first kappa shape index (κ1) is 25.1. The van der Waals surface area contributed by atoms with Gasteiger partial charge in [0.1, 0.15) is 0 Å². The Bertz CT molecular complexity index is 1220. The topological polar surface area (TPSA) is 93.7 Å². The number of hydrogen-bond acceptors (Lipinski definition) is 5. The fourth-order valence-corrected chi connectivity index (χ4v) is 4.47. The summed E-state index contributed by atoms with van der Waals surface area (Å²) in [5.41, 5.74) is 2.85. The van der Waals surface area contributed by atoms with Gasteiger partial charge in [-0.05, 0) is 80.8 Å². The number of carbonyl (C=O) groups is 1.